The number of hydrogen-bond acceptors (Lipinski definition) is 6. The van der Waals surface area contributed by atoms with Gasteiger partial charge in [0.2, 0.25) is 0 Å². The highest BCUT2D eigenvalue weighted by molar-refractivity contribution is 7.80. The number of rotatable bonds is 6. The third-order valence-electron chi connectivity index (χ3n) is 5.28. The Kier molecular flexibility index (Phi) is 7.74. The van der Waals surface area contributed by atoms with Gasteiger partial charge in [-0.1, -0.05) is 48.5 Å². The molecule has 3 N–H and O–H groups in total. The van der Waals surface area contributed by atoms with Gasteiger partial charge in [-0.25, -0.2) is 4.79 Å². The molecule has 0 bridgehead atoms. The van der Waals surface area contributed by atoms with E-state index in [1.807, 2.05) is 61.5 Å². The molecule has 1 atom stereocenters. The lowest BCUT2D eigenvalue weighted by Crippen LogP contribution is -2.42. The van der Waals surface area contributed by atoms with E-state index < -0.39 is 12.0 Å². The Morgan fingerprint density at radius 2 is 1.73 bits per heavy atom. The van der Waals surface area contributed by atoms with Crippen LogP contribution in [0.5, 0.6) is 0 Å². The van der Waals surface area contributed by atoms with Gasteiger partial charge in [0.25, 0.3) is 0 Å². The molecule has 3 rings (SSSR count). The topological polar surface area (TPSA) is 94.5 Å². The summed E-state index contributed by atoms with van der Waals surface area (Å²) in [6, 6.07) is 17.0. The Morgan fingerprint density at radius 1 is 1.06 bits per heavy atom. The average molecular weight is 463 g/mol. The van der Waals surface area contributed by atoms with Crippen LogP contribution in [-0.4, -0.2) is 43.9 Å². The summed E-state index contributed by atoms with van der Waals surface area (Å²) in [4.78, 5) is 26.7. The van der Waals surface area contributed by atoms with Gasteiger partial charge in [-0.15, -0.1) is 0 Å². The Hall–Kier alpha value is -3.78. The van der Waals surface area contributed by atoms with Gasteiger partial charge in [0.05, 0.1) is 18.5 Å². The number of alkyl carbamates (subject to hydrolysis) is 1. The van der Waals surface area contributed by atoms with Crippen LogP contribution in [0.25, 0.3) is 0 Å². The minimum Gasteiger partial charge on any atom is -0.453 e. The lowest BCUT2D eigenvalue weighted by Gasteiger charge is -2.26. The normalized spacial score (nSPS) is 15.1. The number of Topliss-reactive ketones (excluding diaryl/α,β-unsaturated/α-hetero) is 1. The van der Waals surface area contributed by atoms with Crippen LogP contribution in [0, 0.1) is 11.3 Å². The number of carbonyl (C=O) groups excluding carboxylic acids is 2. The molecule has 0 aliphatic heterocycles. The molecule has 1 amide bonds. The number of ketones is 1. The van der Waals surface area contributed by atoms with Crippen LogP contribution in [0.1, 0.15) is 15.9 Å². The van der Waals surface area contributed by atoms with Crippen LogP contribution in [0.2, 0.25) is 0 Å². The first kappa shape index (κ1) is 23.9. The summed E-state index contributed by atoms with van der Waals surface area (Å²) in [7, 11) is 5.18. The van der Waals surface area contributed by atoms with Gasteiger partial charge in [0, 0.05) is 36.8 Å². The molecule has 1 aliphatic carbocycles. The number of ether oxygens (including phenoxy) is 1. The highest BCUT2D eigenvalue weighted by atomic mass is 32.1. The van der Waals surface area contributed by atoms with Crippen LogP contribution >= 0.6 is 12.2 Å². The first-order valence-corrected chi connectivity index (χ1v) is 10.7. The quantitative estimate of drug-likeness (QED) is 0.446. The van der Waals surface area contributed by atoms with E-state index in [9.17, 15) is 9.59 Å². The fourth-order valence-electron chi connectivity index (χ4n) is 3.50. The highest BCUT2D eigenvalue weighted by Crippen LogP contribution is 2.29. The minimum absolute atomic E-state index is 0.0122. The number of carbonyl (C=O) groups is 2. The summed E-state index contributed by atoms with van der Waals surface area (Å²) >= 11 is 5.14. The van der Waals surface area contributed by atoms with E-state index in [1.165, 1.54) is 7.11 Å². The van der Waals surface area contributed by atoms with E-state index in [2.05, 4.69) is 15.4 Å². The molecule has 0 spiro atoms. The molecule has 7 nitrogen and oxygen atoms in total. The summed E-state index contributed by atoms with van der Waals surface area (Å²) in [6.45, 7) is 0. The molecule has 170 valence electrons. The van der Waals surface area contributed by atoms with Crippen LogP contribution in [0.4, 0.5) is 10.5 Å². The predicted molar refractivity (Wildman–Crippen MR) is 134 cm³/mol. The van der Waals surface area contributed by atoms with E-state index in [1.54, 1.807) is 24.3 Å². The first-order chi connectivity index (χ1) is 15.8. The highest BCUT2D eigenvalue weighted by Gasteiger charge is 2.30. The van der Waals surface area contributed by atoms with Crippen molar-refractivity contribution in [3.8, 4) is 0 Å². The van der Waals surface area contributed by atoms with Crippen molar-refractivity contribution in [1.29, 1.82) is 5.41 Å². The minimum atomic E-state index is -0.705. The maximum absolute atomic E-state index is 13.3. The number of anilines is 1. The van der Waals surface area contributed by atoms with Crippen LogP contribution < -0.4 is 15.5 Å². The molecule has 0 radical (unpaired) electrons. The monoisotopic (exact) mass is 462 g/mol. The summed E-state index contributed by atoms with van der Waals surface area (Å²) < 4.78 is 4.55. The van der Waals surface area contributed by atoms with Gasteiger partial charge in [-0.3, -0.25) is 10.1 Å². The second kappa shape index (κ2) is 10.7. The summed E-state index contributed by atoms with van der Waals surface area (Å²) in [6.07, 6.45) is 3.11. The number of methoxy groups -OCH3 is 1. The van der Waals surface area contributed by atoms with Gasteiger partial charge in [0.15, 0.2) is 10.9 Å². The third kappa shape index (κ3) is 5.93. The maximum Gasteiger partial charge on any atom is 0.413 e. The molecule has 2 aromatic carbocycles. The molecular weight excluding hydrogens is 436 g/mol. The Labute approximate surface area is 198 Å². The first-order valence-electron chi connectivity index (χ1n) is 10.3. The molecule has 0 fully saturated rings. The molecule has 0 saturated heterocycles. The standard InChI is InChI=1S/C25H26N4O3S/c1-29(2)18-11-9-16(10-12-18)15-20-19(23(30)17-7-5-4-6-8-17)13-14-21(22(20)26)27-24(33)28-25(31)32-3/h4-14,20,26H,15H2,1-3H3,(H2,27,28,31,33). The van der Waals surface area contributed by atoms with Crippen molar-refractivity contribution < 1.29 is 14.3 Å². The Balaban J connectivity index is 1.90. The van der Waals surface area contributed by atoms with E-state index in [0.717, 1.165) is 11.3 Å². The van der Waals surface area contributed by atoms with Crippen molar-refractivity contribution in [3.05, 3.63) is 89.1 Å². The van der Waals surface area contributed by atoms with E-state index in [4.69, 9.17) is 17.6 Å². The predicted octanol–water partition coefficient (Wildman–Crippen LogP) is 3.87. The lowest BCUT2D eigenvalue weighted by molar-refractivity contribution is 0.102. The largest absolute Gasteiger partial charge is 0.453 e. The van der Waals surface area contributed by atoms with Crippen molar-refractivity contribution in [3.63, 3.8) is 0 Å². The second-order valence-electron chi connectivity index (χ2n) is 7.70. The fourth-order valence-corrected chi connectivity index (χ4v) is 3.69. The zero-order valence-corrected chi connectivity index (χ0v) is 19.5. The molecular formula is C25H26N4O3S. The lowest BCUT2D eigenvalue weighted by atomic mass is 9.80. The summed E-state index contributed by atoms with van der Waals surface area (Å²) in [5, 5.41) is 14.1. The number of nitrogens with zero attached hydrogens (tertiary/aromatic N) is 1. The average Bonchev–Trinajstić information content (AvgIpc) is 2.82. The van der Waals surface area contributed by atoms with E-state index in [-0.39, 0.29) is 16.6 Å². The van der Waals surface area contributed by atoms with Crippen LogP contribution in [-0.2, 0) is 11.2 Å². The van der Waals surface area contributed by atoms with Crippen LogP contribution in [0.15, 0.2) is 78.0 Å². The van der Waals surface area contributed by atoms with Gasteiger partial charge >= 0.3 is 6.09 Å². The summed E-state index contributed by atoms with van der Waals surface area (Å²) in [5.41, 5.74) is 3.78. The number of amides is 1. The molecule has 0 heterocycles. The third-order valence-corrected chi connectivity index (χ3v) is 5.49. The second-order valence-corrected chi connectivity index (χ2v) is 8.11. The number of thiocarbonyl (C=S) groups is 1. The smallest absolute Gasteiger partial charge is 0.413 e. The van der Waals surface area contributed by atoms with Crippen molar-refractivity contribution in [2.24, 2.45) is 5.92 Å². The number of benzene rings is 2. The molecule has 0 aromatic heterocycles. The van der Waals surface area contributed by atoms with Crippen molar-refractivity contribution >= 4 is 40.6 Å². The van der Waals surface area contributed by atoms with Gasteiger partial charge < -0.3 is 20.4 Å². The zero-order chi connectivity index (χ0) is 24.0. The zero-order valence-electron chi connectivity index (χ0n) is 18.7. The SMILES string of the molecule is COC(=O)NC(=S)NC1=CC=C(C(=O)c2ccccc2)C(Cc2ccc(N(C)C)cc2)C1=N. The molecule has 0 saturated carbocycles. The van der Waals surface area contributed by atoms with E-state index >= 15 is 0 Å². The van der Waals surface area contributed by atoms with Gasteiger partial charge in [-0.05, 0) is 42.4 Å². The molecule has 2 aromatic rings. The van der Waals surface area contributed by atoms with E-state index in [0.29, 0.717) is 23.3 Å². The molecule has 1 aliphatic rings. The molecule has 1 unspecified atom stereocenters. The summed E-state index contributed by atoms with van der Waals surface area (Å²) in [5.74, 6) is -0.614. The Bertz CT molecular complexity index is 1120. The van der Waals surface area contributed by atoms with Crippen molar-refractivity contribution in [2.75, 3.05) is 26.1 Å². The van der Waals surface area contributed by atoms with Gasteiger partial charge in [0.1, 0.15) is 0 Å². The molecule has 8 heteroatoms. The van der Waals surface area contributed by atoms with Crippen molar-refractivity contribution in [2.45, 2.75) is 6.42 Å². The molecule has 33 heavy (non-hydrogen) atoms. The number of hydrogen-bond donors (Lipinski definition) is 3. The van der Waals surface area contributed by atoms with Crippen molar-refractivity contribution in [1.82, 2.24) is 10.6 Å². The number of nitrogens with one attached hydrogen (secondary N) is 3. The number of allylic oxidation sites excluding steroid dienone is 4. The van der Waals surface area contributed by atoms with Crippen LogP contribution in [0.3, 0.4) is 0 Å². The maximum atomic E-state index is 13.3. The fraction of sp³-hybridized carbons (Fsp3) is 0.200. The Morgan fingerprint density at radius 3 is 2.33 bits per heavy atom. The van der Waals surface area contributed by atoms with Gasteiger partial charge in [-0.2, -0.15) is 0 Å².